The number of rotatable bonds is 1. The summed E-state index contributed by atoms with van der Waals surface area (Å²) >= 11 is 0. The number of hydrogen-bond acceptors (Lipinski definition) is 2. The van der Waals surface area contributed by atoms with E-state index in [-0.39, 0.29) is 28.7 Å². The van der Waals surface area contributed by atoms with Crippen LogP contribution in [0.15, 0.2) is 12.2 Å². The predicted octanol–water partition coefficient (Wildman–Crippen LogP) is 2.13. The number of imide groups is 1. The van der Waals surface area contributed by atoms with Crippen molar-refractivity contribution >= 4 is 11.8 Å². The molecule has 0 radical (unpaired) electrons. The summed E-state index contributed by atoms with van der Waals surface area (Å²) < 4.78 is 0. The molecule has 1 saturated heterocycles. The fraction of sp³-hybridized carbons (Fsp3) is 0.692. The lowest BCUT2D eigenvalue weighted by molar-refractivity contribution is -0.147. The fourth-order valence-corrected chi connectivity index (χ4v) is 3.16. The van der Waals surface area contributed by atoms with Gasteiger partial charge in [0, 0.05) is 11.6 Å². The summed E-state index contributed by atoms with van der Waals surface area (Å²) in [6, 6.07) is 0.0502. The number of hydrogen-bond donors (Lipinski definition) is 0. The lowest BCUT2D eigenvalue weighted by Gasteiger charge is -2.29. The first-order valence-corrected chi connectivity index (χ1v) is 5.77. The summed E-state index contributed by atoms with van der Waals surface area (Å²) in [5.41, 5.74) is -0.0434. The highest BCUT2D eigenvalue weighted by Crippen LogP contribution is 2.60. The van der Waals surface area contributed by atoms with Crippen LogP contribution in [0.1, 0.15) is 40.5 Å². The molecule has 1 saturated carbocycles. The largest absolute Gasteiger partial charge is 0.275 e. The maximum Gasteiger partial charge on any atom is 0.255 e. The van der Waals surface area contributed by atoms with E-state index < -0.39 is 0 Å². The Bertz CT molecular complexity index is 397. The Kier molecular flexibility index (Phi) is 2.10. The van der Waals surface area contributed by atoms with Gasteiger partial charge in [-0.05, 0) is 25.2 Å². The van der Waals surface area contributed by atoms with Crippen LogP contribution in [-0.4, -0.2) is 22.8 Å². The van der Waals surface area contributed by atoms with Crippen molar-refractivity contribution in [3.63, 3.8) is 0 Å². The molecule has 2 fully saturated rings. The van der Waals surface area contributed by atoms with Crippen LogP contribution >= 0.6 is 0 Å². The van der Waals surface area contributed by atoms with Crippen LogP contribution in [0.25, 0.3) is 0 Å². The highest BCUT2D eigenvalue weighted by atomic mass is 16.2. The Balaban J connectivity index is 2.44. The summed E-state index contributed by atoms with van der Waals surface area (Å²) in [6.07, 6.45) is 1.82. The second-order valence-corrected chi connectivity index (χ2v) is 5.87. The number of amides is 2. The van der Waals surface area contributed by atoms with Gasteiger partial charge in [0.15, 0.2) is 0 Å². The van der Waals surface area contributed by atoms with E-state index >= 15 is 0 Å². The second kappa shape index (κ2) is 2.96. The van der Waals surface area contributed by atoms with E-state index in [0.29, 0.717) is 5.57 Å². The van der Waals surface area contributed by atoms with E-state index in [4.69, 9.17) is 0 Å². The smallest absolute Gasteiger partial charge is 0.255 e. The molecule has 0 aromatic heterocycles. The van der Waals surface area contributed by atoms with Gasteiger partial charge in [0.25, 0.3) is 5.91 Å². The number of piperidine rings is 1. The molecule has 0 aromatic rings. The van der Waals surface area contributed by atoms with Gasteiger partial charge in [-0.15, -0.1) is 0 Å². The quantitative estimate of drug-likeness (QED) is 0.636. The fourth-order valence-electron chi connectivity index (χ4n) is 3.16. The van der Waals surface area contributed by atoms with Gasteiger partial charge in [-0.3, -0.25) is 14.5 Å². The van der Waals surface area contributed by atoms with Gasteiger partial charge >= 0.3 is 0 Å². The third kappa shape index (κ3) is 1.04. The van der Waals surface area contributed by atoms with Gasteiger partial charge in [-0.25, -0.2) is 0 Å². The Morgan fingerprint density at radius 3 is 2.38 bits per heavy atom. The minimum Gasteiger partial charge on any atom is -0.275 e. The molecule has 16 heavy (non-hydrogen) atoms. The topological polar surface area (TPSA) is 37.4 Å². The number of fused-ring (bicyclic) bond motifs is 2. The van der Waals surface area contributed by atoms with Gasteiger partial charge in [-0.1, -0.05) is 27.4 Å². The van der Waals surface area contributed by atoms with Crippen LogP contribution in [0.5, 0.6) is 0 Å². The Morgan fingerprint density at radius 1 is 1.44 bits per heavy atom. The molecular weight excluding hydrogens is 202 g/mol. The summed E-state index contributed by atoms with van der Waals surface area (Å²) in [5.74, 6) is -0.215. The molecule has 0 spiro atoms. The maximum absolute atomic E-state index is 12.3. The van der Waals surface area contributed by atoms with E-state index in [1.807, 2.05) is 6.92 Å². The van der Waals surface area contributed by atoms with Gasteiger partial charge in [0.05, 0.1) is 5.41 Å². The molecule has 88 valence electrons. The highest BCUT2D eigenvalue weighted by molar-refractivity contribution is 6.07. The zero-order chi connectivity index (χ0) is 12.3. The SMILES string of the molecule is C=C(C)C(=O)N1C(=O)C2(C)CCC1C2(C)C. The lowest BCUT2D eigenvalue weighted by atomic mass is 9.70. The molecule has 1 heterocycles. The van der Waals surface area contributed by atoms with Crippen molar-refractivity contribution in [3.05, 3.63) is 12.2 Å². The van der Waals surface area contributed by atoms with E-state index in [1.165, 1.54) is 4.90 Å². The normalized spacial score (nSPS) is 35.6. The second-order valence-electron chi connectivity index (χ2n) is 5.87. The molecule has 3 nitrogen and oxygen atoms in total. The van der Waals surface area contributed by atoms with Crippen molar-refractivity contribution in [2.75, 3.05) is 0 Å². The summed E-state index contributed by atoms with van der Waals surface area (Å²) in [5, 5.41) is 0. The summed E-state index contributed by atoms with van der Waals surface area (Å²) in [6.45, 7) is 11.5. The van der Waals surface area contributed by atoms with Crippen molar-refractivity contribution in [1.29, 1.82) is 0 Å². The lowest BCUT2D eigenvalue weighted by Crippen LogP contribution is -2.44. The van der Waals surface area contributed by atoms with Crippen LogP contribution in [0.2, 0.25) is 0 Å². The van der Waals surface area contributed by atoms with Crippen LogP contribution in [0.4, 0.5) is 0 Å². The number of carbonyl (C=O) groups excluding carboxylic acids is 2. The number of likely N-dealkylation sites (tertiary alicyclic amines) is 1. The molecule has 1 aliphatic heterocycles. The monoisotopic (exact) mass is 221 g/mol. The molecule has 2 bridgehead atoms. The van der Waals surface area contributed by atoms with E-state index in [2.05, 4.69) is 20.4 Å². The molecule has 0 N–H and O–H groups in total. The number of carbonyl (C=O) groups is 2. The van der Waals surface area contributed by atoms with Crippen LogP contribution in [0, 0.1) is 10.8 Å². The molecule has 2 unspecified atom stereocenters. The zero-order valence-corrected chi connectivity index (χ0v) is 10.5. The highest BCUT2D eigenvalue weighted by Gasteiger charge is 2.66. The van der Waals surface area contributed by atoms with Gasteiger partial charge in [0.2, 0.25) is 5.91 Å². The first kappa shape index (κ1) is 11.4. The molecular formula is C13H19NO2. The van der Waals surface area contributed by atoms with Crippen LogP contribution < -0.4 is 0 Å². The summed E-state index contributed by atoms with van der Waals surface area (Å²) in [7, 11) is 0. The van der Waals surface area contributed by atoms with Crippen molar-refractivity contribution < 1.29 is 9.59 Å². The Labute approximate surface area is 96.5 Å². The van der Waals surface area contributed by atoms with E-state index in [1.54, 1.807) is 6.92 Å². The minimum atomic E-state index is -0.372. The zero-order valence-electron chi connectivity index (χ0n) is 10.5. The van der Waals surface area contributed by atoms with Gasteiger partial charge in [-0.2, -0.15) is 0 Å². The summed E-state index contributed by atoms with van der Waals surface area (Å²) in [4.78, 5) is 25.7. The molecule has 2 amide bonds. The first-order valence-electron chi connectivity index (χ1n) is 5.77. The van der Waals surface area contributed by atoms with Crippen molar-refractivity contribution in [2.24, 2.45) is 10.8 Å². The standard InChI is InChI=1S/C13H19NO2/c1-8(2)10(15)14-9-6-7-13(5,11(14)16)12(9,3)4/h9H,1,6-7H2,2-5H3. The molecule has 3 heteroatoms. The van der Waals surface area contributed by atoms with Crippen LogP contribution in [0.3, 0.4) is 0 Å². The van der Waals surface area contributed by atoms with E-state index in [0.717, 1.165) is 12.8 Å². The first-order chi connectivity index (χ1) is 7.23. The average molecular weight is 221 g/mol. The average Bonchev–Trinajstić information content (AvgIpc) is 2.48. The van der Waals surface area contributed by atoms with Crippen molar-refractivity contribution in [1.82, 2.24) is 4.90 Å². The Morgan fingerprint density at radius 2 is 2.00 bits per heavy atom. The maximum atomic E-state index is 12.3. The molecule has 0 aromatic carbocycles. The van der Waals surface area contributed by atoms with E-state index in [9.17, 15) is 9.59 Å². The molecule has 2 aliphatic rings. The van der Waals surface area contributed by atoms with Crippen LogP contribution in [-0.2, 0) is 9.59 Å². The third-order valence-corrected chi connectivity index (χ3v) is 4.76. The minimum absolute atomic E-state index is 0.0123. The Hall–Kier alpha value is -1.12. The van der Waals surface area contributed by atoms with Gasteiger partial charge in [0.1, 0.15) is 0 Å². The third-order valence-electron chi connectivity index (χ3n) is 4.76. The molecule has 2 rings (SSSR count). The van der Waals surface area contributed by atoms with Crippen molar-refractivity contribution in [3.8, 4) is 0 Å². The van der Waals surface area contributed by atoms with Crippen molar-refractivity contribution in [2.45, 2.75) is 46.6 Å². The van der Waals surface area contributed by atoms with Gasteiger partial charge < -0.3 is 0 Å². The predicted molar refractivity (Wildman–Crippen MR) is 61.6 cm³/mol. The molecule has 1 aliphatic carbocycles. The molecule has 2 atom stereocenters. The number of nitrogens with zero attached hydrogens (tertiary/aromatic N) is 1.